The number of aromatic carboxylic acids is 1. The Balaban J connectivity index is 1.56. The molecule has 1 aromatic heterocycles. The maximum Gasteiger partial charge on any atom is 0.341 e. The van der Waals surface area contributed by atoms with Crippen LogP contribution in [0.2, 0.25) is 0 Å². The van der Waals surface area contributed by atoms with Crippen molar-refractivity contribution in [3.05, 3.63) is 45.7 Å². The summed E-state index contributed by atoms with van der Waals surface area (Å²) in [5.41, 5.74) is 3.37. The molecule has 33 heavy (non-hydrogen) atoms. The predicted octanol–water partition coefficient (Wildman–Crippen LogP) is 3.92. The molecular formula is C26H30N2O5. The van der Waals surface area contributed by atoms with Gasteiger partial charge in [0.05, 0.1) is 18.5 Å². The number of carboxylic acid groups (broad SMARTS) is 1. The highest BCUT2D eigenvalue weighted by Gasteiger charge is 2.45. The van der Waals surface area contributed by atoms with Gasteiger partial charge in [-0.1, -0.05) is 13.8 Å². The van der Waals surface area contributed by atoms with Gasteiger partial charge in [-0.05, 0) is 48.3 Å². The maximum absolute atomic E-state index is 12.5. The van der Waals surface area contributed by atoms with Crippen LogP contribution in [0.1, 0.15) is 61.5 Å². The molecule has 1 N–H and O–H groups in total. The number of rotatable bonds is 4. The molecular weight excluding hydrogens is 420 g/mol. The van der Waals surface area contributed by atoms with Gasteiger partial charge in [-0.3, -0.25) is 9.59 Å². The predicted molar refractivity (Wildman–Crippen MR) is 125 cm³/mol. The van der Waals surface area contributed by atoms with E-state index in [4.69, 9.17) is 4.74 Å². The Bertz CT molecular complexity index is 1190. The summed E-state index contributed by atoms with van der Waals surface area (Å²) in [5.74, 6) is 0.193. The number of ketones is 1. The Hall–Kier alpha value is -3.09. The number of Topliss-reactive ketones (excluding diaryl/α,β-unsaturated/α-hetero) is 1. The molecule has 5 rings (SSSR count). The number of anilines is 1. The molecule has 3 aliphatic rings. The maximum atomic E-state index is 12.5. The molecule has 1 saturated carbocycles. The van der Waals surface area contributed by atoms with E-state index in [0.717, 1.165) is 73.5 Å². The summed E-state index contributed by atoms with van der Waals surface area (Å²) in [6, 6.07) is 5.68. The Morgan fingerprint density at radius 3 is 2.42 bits per heavy atom. The summed E-state index contributed by atoms with van der Waals surface area (Å²) in [4.78, 5) is 38.0. The highest BCUT2D eigenvalue weighted by Crippen LogP contribution is 2.49. The van der Waals surface area contributed by atoms with Gasteiger partial charge in [0, 0.05) is 49.8 Å². The molecule has 7 nitrogen and oxygen atoms in total. The zero-order valence-electron chi connectivity index (χ0n) is 19.4. The van der Waals surface area contributed by atoms with Gasteiger partial charge >= 0.3 is 5.97 Å². The van der Waals surface area contributed by atoms with Crippen molar-refractivity contribution in [2.24, 2.45) is 11.3 Å². The number of pyridine rings is 1. The van der Waals surface area contributed by atoms with Gasteiger partial charge < -0.3 is 19.3 Å². The summed E-state index contributed by atoms with van der Waals surface area (Å²) in [6.45, 7) is 6.03. The summed E-state index contributed by atoms with van der Waals surface area (Å²) in [5, 5.41) is 9.47. The minimum atomic E-state index is -1.20. The summed E-state index contributed by atoms with van der Waals surface area (Å²) >= 11 is 0. The summed E-state index contributed by atoms with van der Waals surface area (Å²) < 4.78 is 7.73. The van der Waals surface area contributed by atoms with Crippen molar-refractivity contribution in [2.75, 3.05) is 25.1 Å². The van der Waals surface area contributed by atoms with Crippen molar-refractivity contribution in [1.29, 1.82) is 0 Å². The fourth-order valence-electron chi connectivity index (χ4n) is 5.87. The number of fused-ring (bicyclic) bond motifs is 3. The van der Waals surface area contributed by atoms with Gasteiger partial charge in [0.15, 0.2) is 5.43 Å². The number of methoxy groups -OCH3 is 1. The van der Waals surface area contributed by atoms with Crippen molar-refractivity contribution in [1.82, 2.24) is 4.57 Å². The SMILES string of the molecule is COc1cc2c(cc1N1CCC3(CC1)CC(=O)C3)CC(C(C)C)n1cc(C(=O)O)c(=O)cc1-2. The second-order valence-electron chi connectivity index (χ2n) is 10.2. The van der Waals surface area contributed by atoms with E-state index in [1.165, 1.54) is 12.3 Å². The van der Waals surface area contributed by atoms with Crippen LogP contribution in [0, 0.1) is 11.3 Å². The van der Waals surface area contributed by atoms with Crippen LogP contribution >= 0.6 is 0 Å². The topological polar surface area (TPSA) is 88.8 Å². The molecule has 3 heterocycles. The standard InChI is InChI=1S/C26H30N2O5/c1-15(2)20-8-16-9-22(27-6-4-26(5-7-27)12-17(29)13-26)24(33-3)10-18(16)21-11-23(30)19(25(31)32)14-28(20)21/h9-11,14-15,20H,4-8,12-13H2,1-3H3,(H,31,32). The number of benzene rings is 1. The minimum absolute atomic E-state index is 0.0538. The van der Waals surface area contributed by atoms with Gasteiger partial charge in [0.2, 0.25) is 0 Å². The molecule has 7 heteroatoms. The molecule has 0 radical (unpaired) electrons. The largest absolute Gasteiger partial charge is 0.495 e. The number of piperidine rings is 1. The number of aromatic nitrogens is 1. The van der Waals surface area contributed by atoms with E-state index in [9.17, 15) is 19.5 Å². The zero-order chi connectivity index (χ0) is 23.5. The molecule has 0 amide bonds. The van der Waals surface area contributed by atoms with Gasteiger partial charge in [-0.25, -0.2) is 4.79 Å². The van der Waals surface area contributed by atoms with E-state index in [1.807, 2.05) is 10.6 Å². The molecule has 0 bridgehead atoms. The van der Waals surface area contributed by atoms with Crippen molar-refractivity contribution in [2.45, 2.75) is 52.0 Å². The summed E-state index contributed by atoms with van der Waals surface area (Å²) in [6.07, 6.45) is 5.74. The number of hydrogen-bond donors (Lipinski definition) is 1. The van der Waals surface area contributed by atoms with Gasteiger partial charge in [-0.2, -0.15) is 0 Å². The van der Waals surface area contributed by atoms with Gasteiger partial charge in [0.1, 0.15) is 17.1 Å². The molecule has 1 unspecified atom stereocenters. The van der Waals surface area contributed by atoms with E-state index < -0.39 is 11.4 Å². The van der Waals surface area contributed by atoms with Gasteiger partial charge in [0.25, 0.3) is 0 Å². The van der Waals surface area contributed by atoms with E-state index in [1.54, 1.807) is 7.11 Å². The van der Waals surface area contributed by atoms with Crippen LogP contribution in [0.4, 0.5) is 5.69 Å². The first-order chi connectivity index (χ1) is 15.7. The highest BCUT2D eigenvalue weighted by molar-refractivity contribution is 5.88. The fraction of sp³-hybridized carbons (Fsp3) is 0.500. The van der Waals surface area contributed by atoms with E-state index in [0.29, 0.717) is 5.78 Å². The molecule has 2 fully saturated rings. The van der Waals surface area contributed by atoms with Crippen molar-refractivity contribution < 1.29 is 19.4 Å². The number of ether oxygens (including phenoxy) is 1. The highest BCUT2D eigenvalue weighted by atomic mass is 16.5. The Labute approximate surface area is 193 Å². The Kier molecular flexibility index (Phi) is 5.10. The summed E-state index contributed by atoms with van der Waals surface area (Å²) in [7, 11) is 1.65. The third-order valence-corrected chi connectivity index (χ3v) is 7.86. The van der Waals surface area contributed by atoms with Gasteiger partial charge in [-0.15, -0.1) is 0 Å². The lowest BCUT2D eigenvalue weighted by molar-refractivity contribution is -0.133. The van der Waals surface area contributed by atoms with Crippen molar-refractivity contribution >= 4 is 17.4 Å². The molecule has 1 atom stereocenters. The van der Waals surface area contributed by atoms with E-state index >= 15 is 0 Å². The number of carboxylic acids is 1. The third kappa shape index (κ3) is 3.54. The monoisotopic (exact) mass is 450 g/mol. The minimum Gasteiger partial charge on any atom is -0.495 e. The second-order valence-corrected chi connectivity index (χ2v) is 10.2. The zero-order valence-corrected chi connectivity index (χ0v) is 19.4. The first-order valence-corrected chi connectivity index (χ1v) is 11.7. The molecule has 2 aromatic rings. The lowest BCUT2D eigenvalue weighted by Gasteiger charge is -2.47. The number of hydrogen-bond acceptors (Lipinski definition) is 5. The van der Waals surface area contributed by atoms with Crippen LogP contribution in [-0.2, 0) is 11.2 Å². The van der Waals surface area contributed by atoms with Crippen LogP contribution in [0.15, 0.2) is 29.2 Å². The van der Waals surface area contributed by atoms with Crippen LogP contribution in [0.25, 0.3) is 11.3 Å². The van der Waals surface area contributed by atoms with Crippen molar-refractivity contribution in [3.8, 4) is 17.0 Å². The van der Waals surface area contributed by atoms with E-state index in [-0.39, 0.29) is 22.9 Å². The molecule has 1 saturated heterocycles. The molecule has 174 valence electrons. The molecule has 1 aliphatic carbocycles. The van der Waals surface area contributed by atoms with Crippen LogP contribution in [0.3, 0.4) is 0 Å². The second kappa shape index (κ2) is 7.75. The number of carbonyl (C=O) groups is 2. The molecule has 1 spiro atoms. The quantitative estimate of drug-likeness (QED) is 0.759. The first-order valence-electron chi connectivity index (χ1n) is 11.7. The normalized spacial score (nSPS) is 20.9. The van der Waals surface area contributed by atoms with E-state index in [2.05, 4.69) is 24.8 Å². The average Bonchev–Trinajstić information content (AvgIpc) is 2.76. The van der Waals surface area contributed by atoms with Crippen LogP contribution in [-0.4, -0.2) is 41.6 Å². The lowest BCUT2D eigenvalue weighted by Crippen LogP contribution is -2.47. The molecule has 1 aromatic carbocycles. The Morgan fingerprint density at radius 2 is 1.85 bits per heavy atom. The van der Waals surface area contributed by atoms with Crippen LogP contribution < -0.4 is 15.1 Å². The number of carbonyl (C=O) groups excluding carboxylic acids is 1. The smallest absolute Gasteiger partial charge is 0.341 e. The first kappa shape index (κ1) is 21.7. The number of nitrogens with zero attached hydrogens (tertiary/aromatic N) is 2. The van der Waals surface area contributed by atoms with Crippen molar-refractivity contribution in [3.63, 3.8) is 0 Å². The molecule has 2 aliphatic heterocycles. The average molecular weight is 451 g/mol. The fourth-order valence-corrected chi connectivity index (χ4v) is 5.87. The Morgan fingerprint density at radius 1 is 1.15 bits per heavy atom. The third-order valence-electron chi connectivity index (χ3n) is 7.86. The van der Waals surface area contributed by atoms with Crippen LogP contribution in [0.5, 0.6) is 5.75 Å². The lowest BCUT2D eigenvalue weighted by atomic mass is 9.62.